The van der Waals surface area contributed by atoms with Crippen LogP contribution < -0.4 is 5.32 Å². The van der Waals surface area contributed by atoms with Crippen molar-refractivity contribution in [2.24, 2.45) is 0 Å². The van der Waals surface area contributed by atoms with E-state index in [0.717, 1.165) is 38.5 Å². The summed E-state index contributed by atoms with van der Waals surface area (Å²) >= 11 is 0. The van der Waals surface area contributed by atoms with Gasteiger partial charge in [0.25, 0.3) is 0 Å². The van der Waals surface area contributed by atoms with Crippen LogP contribution in [0.25, 0.3) is 0 Å². The van der Waals surface area contributed by atoms with Crippen molar-refractivity contribution in [3.63, 3.8) is 0 Å². The van der Waals surface area contributed by atoms with Gasteiger partial charge in [0.15, 0.2) is 6.29 Å². The Balaban J connectivity index is 2.50. The van der Waals surface area contributed by atoms with Gasteiger partial charge in [-0.1, -0.05) is 160 Å². The van der Waals surface area contributed by atoms with E-state index < -0.39 is 74.2 Å². The van der Waals surface area contributed by atoms with Crippen molar-refractivity contribution in [2.45, 2.75) is 242 Å². The maximum absolute atomic E-state index is 13.0. The Morgan fingerprint density at radius 3 is 1.59 bits per heavy atom. The summed E-state index contributed by atoms with van der Waals surface area (Å²) in [5, 5.41) is 75.5. The molecule has 11 heteroatoms. The van der Waals surface area contributed by atoms with Crippen LogP contribution in [-0.4, -0.2) is 110 Å². The van der Waals surface area contributed by atoms with Crippen molar-refractivity contribution in [3.8, 4) is 0 Å². The van der Waals surface area contributed by atoms with E-state index in [0.29, 0.717) is 19.3 Å². The number of hydrogen-bond acceptors (Lipinski definition) is 10. The lowest BCUT2D eigenvalue weighted by atomic mass is 9.98. The average Bonchev–Trinajstić information content (AvgIpc) is 3.20. The van der Waals surface area contributed by atoms with Gasteiger partial charge in [-0.25, -0.2) is 0 Å². The van der Waals surface area contributed by atoms with Gasteiger partial charge in [-0.3, -0.25) is 4.79 Å². The first-order valence-electron chi connectivity index (χ1n) is 22.7. The van der Waals surface area contributed by atoms with Crippen molar-refractivity contribution >= 4 is 5.91 Å². The highest BCUT2D eigenvalue weighted by Crippen LogP contribution is 2.23. The topological polar surface area (TPSA) is 189 Å². The fraction of sp³-hybridized carbons (Fsp3) is 0.889. The van der Waals surface area contributed by atoms with Crippen molar-refractivity contribution in [2.75, 3.05) is 13.2 Å². The summed E-state index contributed by atoms with van der Waals surface area (Å²) in [4.78, 5) is 13.0. The first kappa shape index (κ1) is 52.6. The second-order valence-corrected chi connectivity index (χ2v) is 16.1. The molecule has 1 rings (SSSR count). The van der Waals surface area contributed by atoms with Gasteiger partial charge in [0, 0.05) is 0 Å². The van der Waals surface area contributed by atoms with Gasteiger partial charge < -0.3 is 50.5 Å². The predicted molar refractivity (Wildman–Crippen MR) is 224 cm³/mol. The zero-order valence-corrected chi connectivity index (χ0v) is 35.4. The number of rotatable bonds is 37. The molecule has 9 atom stereocenters. The van der Waals surface area contributed by atoms with E-state index in [-0.39, 0.29) is 12.8 Å². The fourth-order valence-electron chi connectivity index (χ4n) is 7.16. The second-order valence-electron chi connectivity index (χ2n) is 16.1. The van der Waals surface area contributed by atoms with Crippen molar-refractivity contribution in [1.29, 1.82) is 0 Å². The molecule has 0 aromatic carbocycles. The van der Waals surface area contributed by atoms with Crippen molar-refractivity contribution in [3.05, 3.63) is 24.3 Å². The molecule has 0 aromatic heterocycles. The molecule has 1 amide bonds. The molecule has 0 aliphatic carbocycles. The fourth-order valence-corrected chi connectivity index (χ4v) is 7.16. The van der Waals surface area contributed by atoms with Crippen LogP contribution in [0, 0.1) is 0 Å². The molecular weight excluding hydrogens is 714 g/mol. The van der Waals surface area contributed by atoms with E-state index in [1.807, 2.05) is 0 Å². The normalized spacial score (nSPS) is 22.5. The Hall–Kier alpha value is -1.41. The molecule has 8 N–H and O–H groups in total. The molecule has 0 spiro atoms. The summed E-state index contributed by atoms with van der Waals surface area (Å²) in [6, 6.07) is -1.19. The minimum atomic E-state index is -1.67. The van der Waals surface area contributed by atoms with Gasteiger partial charge >= 0.3 is 0 Å². The van der Waals surface area contributed by atoms with E-state index in [4.69, 9.17) is 9.47 Å². The molecular formula is C45H85NO10. The standard InChI is InChI=1S/C45H85NO10/c1-3-5-7-9-11-13-15-16-17-18-19-20-21-23-24-26-28-30-32-37(48)40(50)36(35-55-45-43(53)42(52)41(51)39(34-47)56-45)46-44(54)38(49)33-31-29-27-25-22-14-12-10-8-6-4-2/h19-20,24,26,36-43,45,47-53H,3-18,21-23,25,27-35H2,1-2H3,(H,46,54)/b20-19+,26-24+. The Bertz CT molecular complexity index is 965. The third-order valence-corrected chi connectivity index (χ3v) is 11.0. The maximum Gasteiger partial charge on any atom is 0.249 e. The highest BCUT2D eigenvalue weighted by atomic mass is 16.7. The molecule has 56 heavy (non-hydrogen) atoms. The van der Waals surface area contributed by atoms with Crippen LogP contribution in [-0.2, 0) is 14.3 Å². The molecule has 0 bridgehead atoms. The summed E-state index contributed by atoms with van der Waals surface area (Å²) < 4.78 is 11.1. The molecule has 0 radical (unpaired) electrons. The third-order valence-electron chi connectivity index (χ3n) is 11.0. The highest BCUT2D eigenvalue weighted by Gasteiger charge is 2.44. The van der Waals surface area contributed by atoms with Crippen LogP contribution in [0.2, 0.25) is 0 Å². The molecule has 1 saturated heterocycles. The lowest BCUT2D eigenvalue weighted by Crippen LogP contribution is -2.60. The average molecular weight is 800 g/mol. The quantitative estimate of drug-likeness (QED) is 0.0239. The maximum atomic E-state index is 13.0. The number of hydrogen-bond donors (Lipinski definition) is 8. The molecule has 11 nitrogen and oxygen atoms in total. The van der Waals surface area contributed by atoms with Crippen molar-refractivity contribution < 1.29 is 50.0 Å². The van der Waals surface area contributed by atoms with Crippen LogP contribution >= 0.6 is 0 Å². The molecule has 0 aromatic rings. The van der Waals surface area contributed by atoms with Crippen LogP contribution in [0.5, 0.6) is 0 Å². The van der Waals surface area contributed by atoms with Crippen LogP contribution in [0.4, 0.5) is 0 Å². The van der Waals surface area contributed by atoms with Gasteiger partial charge in [0.2, 0.25) is 5.91 Å². The van der Waals surface area contributed by atoms with Gasteiger partial charge in [0.05, 0.1) is 25.4 Å². The first-order valence-corrected chi connectivity index (χ1v) is 22.7. The van der Waals surface area contributed by atoms with E-state index in [2.05, 4.69) is 43.5 Å². The second kappa shape index (κ2) is 35.5. The molecule has 0 saturated carbocycles. The lowest BCUT2D eigenvalue weighted by molar-refractivity contribution is -0.303. The van der Waals surface area contributed by atoms with Crippen LogP contribution in [0.3, 0.4) is 0 Å². The molecule has 1 aliphatic heterocycles. The Labute approximate surface area is 340 Å². The summed E-state index contributed by atoms with van der Waals surface area (Å²) in [7, 11) is 0. The summed E-state index contributed by atoms with van der Waals surface area (Å²) in [5.41, 5.74) is 0. The summed E-state index contributed by atoms with van der Waals surface area (Å²) in [6.45, 7) is 3.39. The zero-order valence-electron chi connectivity index (χ0n) is 35.4. The lowest BCUT2D eigenvalue weighted by Gasteiger charge is -2.40. The van der Waals surface area contributed by atoms with Crippen LogP contribution in [0.15, 0.2) is 24.3 Å². The molecule has 1 aliphatic rings. The largest absolute Gasteiger partial charge is 0.394 e. The highest BCUT2D eigenvalue weighted by molar-refractivity contribution is 5.80. The Morgan fingerprint density at radius 1 is 0.607 bits per heavy atom. The SMILES string of the molecule is CCCCCCCCCCC/C=C/CC/C=C/CCCC(O)C(O)C(COC1OC(CO)C(O)C(O)C1O)NC(=O)C(O)CCCCCCCCCCCCC. The van der Waals surface area contributed by atoms with E-state index in [1.54, 1.807) is 0 Å². The smallest absolute Gasteiger partial charge is 0.249 e. The van der Waals surface area contributed by atoms with E-state index in [9.17, 15) is 40.5 Å². The van der Waals surface area contributed by atoms with E-state index >= 15 is 0 Å². The number of carbonyl (C=O) groups excluding carboxylic acids is 1. The Morgan fingerprint density at radius 2 is 1.07 bits per heavy atom. The van der Waals surface area contributed by atoms with E-state index in [1.165, 1.54) is 103 Å². The number of allylic oxidation sites excluding steroid dienone is 4. The number of amides is 1. The first-order chi connectivity index (χ1) is 27.2. The number of carbonyl (C=O) groups is 1. The minimum Gasteiger partial charge on any atom is -0.394 e. The van der Waals surface area contributed by atoms with Crippen molar-refractivity contribution in [1.82, 2.24) is 5.32 Å². The molecule has 330 valence electrons. The number of aliphatic hydroxyl groups is 7. The predicted octanol–water partition coefficient (Wildman–Crippen LogP) is 7.06. The molecule has 1 heterocycles. The van der Waals surface area contributed by atoms with Crippen LogP contribution in [0.1, 0.15) is 187 Å². The minimum absolute atomic E-state index is 0.248. The molecule has 1 fully saturated rings. The summed E-state index contributed by atoms with van der Waals surface area (Å²) in [5.74, 6) is -0.712. The number of aliphatic hydroxyl groups excluding tert-OH is 7. The van der Waals surface area contributed by atoms with Gasteiger partial charge in [-0.2, -0.15) is 0 Å². The Kier molecular flexibility index (Phi) is 33.4. The van der Waals surface area contributed by atoms with Gasteiger partial charge in [-0.05, 0) is 51.4 Å². The summed E-state index contributed by atoms with van der Waals surface area (Å²) in [6.07, 6.45) is 26.6. The van der Waals surface area contributed by atoms with Gasteiger partial charge in [0.1, 0.15) is 36.6 Å². The monoisotopic (exact) mass is 800 g/mol. The number of nitrogens with one attached hydrogen (secondary N) is 1. The number of unbranched alkanes of at least 4 members (excludes halogenated alkanes) is 21. The number of ether oxygens (including phenoxy) is 2. The zero-order chi connectivity index (χ0) is 41.2. The molecule has 9 unspecified atom stereocenters. The van der Waals surface area contributed by atoms with Gasteiger partial charge in [-0.15, -0.1) is 0 Å². The third kappa shape index (κ3) is 25.2.